The molecule has 1 amide bonds. The first-order chi connectivity index (χ1) is 12.9. The van der Waals surface area contributed by atoms with E-state index < -0.39 is 11.6 Å². The van der Waals surface area contributed by atoms with Crippen LogP contribution in [0.4, 0.5) is 8.78 Å². The zero-order valence-corrected chi connectivity index (χ0v) is 15.0. The maximum Gasteiger partial charge on any atom is 0.253 e. The lowest BCUT2D eigenvalue weighted by molar-refractivity contribution is 0.0783. The Morgan fingerprint density at radius 3 is 2.70 bits per heavy atom. The predicted octanol–water partition coefficient (Wildman–Crippen LogP) is 3.55. The summed E-state index contributed by atoms with van der Waals surface area (Å²) < 4.78 is 33.7. The molecular weight excluding hydrogens is 352 g/mol. The van der Waals surface area contributed by atoms with E-state index in [4.69, 9.17) is 4.74 Å². The van der Waals surface area contributed by atoms with Crippen LogP contribution in [0.15, 0.2) is 54.7 Å². The Kier molecular flexibility index (Phi) is 5.49. The molecule has 0 unspecified atom stereocenters. The standard InChI is InChI=1S/C20H19F2N3O2/c1-24(12-17-8-9-25(2)23-17)20(26)15-5-3-4-14(10-15)13-27-19-7-6-16(21)11-18(19)22/h3-11H,12-13H2,1-2H3. The van der Waals surface area contributed by atoms with Gasteiger partial charge in [0.25, 0.3) is 5.91 Å². The van der Waals surface area contributed by atoms with E-state index in [-0.39, 0.29) is 18.3 Å². The molecule has 7 heteroatoms. The van der Waals surface area contributed by atoms with Crippen LogP contribution in [-0.2, 0) is 20.2 Å². The number of ether oxygens (including phenoxy) is 1. The number of benzene rings is 2. The van der Waals surface area contributed by atoms with Gasteiger partial charge in [-0.05, 0) is 35.9 Å². The second-order valence-corrected chi connectivity index (χ2v) is 6.21. The number of halogens is 2. The van der Waals surface area contributed by atoms with Gasteiger partial charge in [0.1, 0.15) is 12.4 Å². The maximum absolute atomic E-state index is 13.6. The highest BCUT2D eigenvalue weighted by Gasteiger charge is 2.14. The highest BCUT2D eigenvalue weighted by Crippen LogP contribution is 2.19. The van der Waals surface area contributed by atoms with Gasteiger partial charge in [-0.25, -0.2) is 8.78 Å². The molecule has 140 valence electrons. The Balaban J connectivity index is 1.66. The molecule has 0 bridgehead atoms. The minimum absolute atomic E-state index is 0.0413. The van der Waals surface area contributed by atoms with Gasteiger partial charge < -0.3 is 9.64 Å². The van der Waals surface area contributed by atoms with E-state index in [1.165, 1.54) is 6.07 Å². The lowest BCUT2D eigenvalue weighted by Gasteiger charge is -2.16. The van der Waals surface area contributed by atoms with E-state index >= 15 is 0 Å². The van der Waals surface area contributed by atoms with Crippen molar-refractivity contribution in [1.82, 2.24) is 14.7 Å². The molecule has 0 spiro atoms. The zero-order chi connectivity index (χ0) is 19.4. The number of hydrogen-bond acceptors (Lipinski definition) is 3. The number of aromatic nitrogens is 2. The summed E-state index contributed by atoms with van der Waals surface area (Å²) >= 11 is 0. The molecule has 0 atom stereocenters. The van der Waals surface area contributed by atoms with E-state index in [9.17, 15) is 13.6 Å². The van der Waals surface area contributed by atoms with Crippen LogP contribution < -0.4 is 4.74 Å². The Bertz CT molecular complexity index is 956. The third-order valence-electron chi connectivity index (χ3n) is 3.98. The van der Waals surface area contributed by atoms with Crippen molar-refractivity contribution >= 4 is 5.91 Å². The largest absolute Gasteiger partial charge is 0.486 e. The number of aryl methyl sites for hydroxylation is 1. The molecular formula is C20H19F2N3O2. The van der Waals surface area contributed by atoms with Gasteiger partial charge in [-0.1, -0.05) is 12.1 Å². The normalized spacial score (nSPS) is 10.7. The fourth-order valence-corrected chi connectivity index (χ4v) is 2.63. The second-order valence-electron chi connectivity index (χ2n) is 6.21. The smallest absolute Gasteiger partial charge is 0.253 e. The SMILES string of the molecule is CN(Cc1ccn(C)n1)C(=O)c1cccc(COc2ccc(F)cc2F)c1. The first kappa shape index (κ1) is 18.6. The third-order valence-corrected chi connectivity index (χ3v) is 3.98. The van der Waals surface area contributed by atoms with Crippen LogP contribution in [0.3, 0.4) is 0 Å². The fraction of sp³-hybridized carbons (Fsp3) is 0.200. The van der Waals surface area contributed by atoms with Gasteiger partial charge in [0.05, 0.1) is 12.2 Å². The molecule has 27 heavy (non-hydrogen) atoms. The van der Waals surface area contributed by atoms with Crippen molar-refractivity contribution in [1.29, 1.82) is 0 Å². The van der Waals surface area contributed by atoms with Crippen molar-refractivity contribution in [3.05, 3.63) is 83.2 Å². The van der Waals surface area contributed by atoms with Gasteiger partial charge >= 0.3 is 0 Å². The van der Waals surface area contributed by atoms with Crippen molar-refractivity contribution in [2.24, 2.45) is 7.05 Å². The molecule has 5 nitrogen and oxygen atoms in total. The Labute approximate surface area is 155 Å². The summed E-state index contributed by atoms with van der Waals surface area (Å²) in [7, 11) is 3.52. The van der Waals surface area contributed by atoms with Gasteiger partial charge in [-0.15, -0.1) is 0 Å². The number of carbonyl (C=O) groups is 1. The monoisotopic (exact) mass is 371 g/mol. The first-order valence-electron chi connectivity index (χ1n) is 8.33. The quantitative estimate of drug-likeness (QED) is 0.666. The summed E-state index contributed by atoms with van der Waals surface area (Å²) in [6.07, 6.45) is 1.82. The van der Waals surface area contributed by atoms with Gasteiger partial charge in [0.15, 0.2) is 11.6 Å². The summed E-state index contributed by atoms with van der Waals surface area (Å²) in [5, 5.41) is 4.26. The topological polar surface area (TPSA) is 47.4 Å². The third kappa shape index (κ3) is 4.69. The van der Waals surface area contributed by atoms with E-state index in [0.29, 0.717) is 17.7 Å². The number of hydrogen-bond donors (Lipinski definition) is 0. The second kappa shape index (κ2) is 7.99. The average Bonchev–Trinajstić information content (AvgIpc) is 3.05. The van der Waals surface area contributed by atoms with Crippen LogP contribution in [0.1, 0.15) is 21.6 Å². The summed E-state index contributed by atoms with van der Waals surface area (Å²) in [5.41, 5.74) is 1.99. The van der Waals surface area contributed by atoms with Crippen molar-refractivity contribution in [2.45, 2.75) is 13.2 Å². The van der Waals surface area contributed by atoms with Gasteiger partial charge in [0, 0.05) is 31.9 Å². The van der Waals surface area contributed by atoms with E-state index in [2.05, 4.69) is 5.10 Å². The summed E-state index contributed by atoms with van der Waals surface area (Å²) in [6.45, 7) is 0.453. The van der Waals surface area contributed by atoms with Crippen LogP contribution in [-0.4, -0.2) is 27.6 Å². The fourth-order valence-electron chi connectivity index (χ4n) is 2.63. The number of amides is 1. The number of carbonyl (C=O) groups excluding carboxylic acids is 1. The summed E-state index contributed by atoms with van der Waals surface area (Å²) in [5.74, 6) is -1.63. The molecule has 0 N–H and O–H groups in total. The molecule has 0 fully saturated rings. The Morgan fingerprint density at radius 1 is 1.19 bits per heavy atom. The molecule has 2 aromatic carbocycles. The van der Waals surface area contributed by atoms with Gasteiger partial charge in [-0.3, -0.25) is 9.48 Å². The number of nitrogens with zero attached hydrogens (tertiary/aromatic N) is 3. The van der Waals surface area contributed by atoms with Crippen molar-refractivity contribution in [2.75, 3.05) is 7.05 Å². The molecule has 3 rings (SSSR count). The maximum atomic E-state index is 13.6. The summed E-state index contributed by atoms with van der Waals surface area (Å²) in [6, 6.07) is 11.9. The molecule has 0 aliphatic heterocycles. The average molecular weight is 371 g/mol. The zero-order valence-electron chi connectivity index (χ0n) is 15.0. The molecule has 0 saturated heterocycles. The molecule has 1 heterocycles. The van der Waals surface area contributed by atoms with Crippen LogP contribution >= 0.6 is 0 Å². The van der Waals surface area contributed by atoms with Crippen LogP contribution in [0.2, 0.25) is 0 Å². The Morgan fingerprint density at radius 2 is 2.00 bits per heavy atom. The van der Waals surface area contributed by atoms with E-state index in [1.807, 2.05) is 19.3 Å². The predicted molar refractivity (Wildman–Crippen MR) is 96.1 cm³/mol. The molecule has 0 saturated carbocycles. The van der Waals surface area contributed by atoms with E-state index in [1.54, 1.807) is 40.9 Å². The number of rotatable bonds is 6. The highest BCUT2D eigenvalue weighted by molar-refractivity contribution is 5.94. The van der Waals surface area contributed by atoms with Crippen molar-refractivity contribution in [3.8, 4) is 5.75 Å². The van der Waals surface area contributed by atoms with Crippen LogP contribution in [0, 0.1) is 11.6 Å². The lowest BCUT2D eigenvalue weighted by Crippen LogP contribution is -2.26. The summed E-state index contributed by atoms with van der Waals surface area (Å²) in [4.78, 5) is 14.2. The minimum Gasteiger partial charge on any atom is -0.486 e. The molecule has 3 aromatic rings. The molecule has 0 aliphatic carbocycles. The molecule has 1 aromatic heterocycles. The molecule has 0 aliphatic rings. The van der Waals surface area contributed by atoms with Crippen molar-refractivity contribution < 1.29 is 18.3 Å². The van der Waals surface area contributed by atoms with Gasteiger partial charge in [0.2, 0.25) is 0 Å². The molecule has 0 radical (unpaired) electrons. The van der Waals surface area contributed by atoms with Crippen LogP contribution in [0.5, 0.6) is 5.75 Å². The first-order valence-corrected chi connectivity index (χ1v) is 8.33. The van der Waals surface area contributed by atoms with Crippen LogP contribution in [0.25, 0.3) is 0 Å². The highest BCUT2D eigenvalue weighted by atomic mass is 19.1. The van der Waals surface area contributed by atoms with Gasteiger partial charge in [-0.2, -0.15) is 5.10 Å². The Hall–Kier alpha value is -3.22. The minimum atomic E-state index is -0.766. The lowest BCUT2D eigenvalue weighted by atomic mass is 10.1. The van der Waals surface area contributed by atoms with Crippen molar-refractivity contribution in [3.63, 3.8) is 0 Å². The van der Waals surface area contributed by atoms with E-state index in [0.717, 1.165) is 17.8 Å².